The molecule has 0 heterocycles. The quantitative estimate of drug-likeness (QED) is 0.721. The molecule has 1 aliphatic carbocycles. The molecule has 5 nitrogen and oxygen atoms in total. The first-order chi connectivity index (χ1) is 12.5. The summed E-state index contributed by atoms with van der Waals surface area (Å²) in [7, 11) is 1.62. The molecule has 6 heteroatoms. The van der Waals surface area contributed by atoms with Gasteiger partial charge in [-0.15, -0.1) is 0 Å². The van der Waals surface area contributed by atoms with Crippen LogP contribution < -0.4 is 5.32 Å². The van der Waals surface area contributed by atoms with Crippen molar-refractivity contribution in [1.82, 2.24) is 5.32 Å². The van der Waals surface area contributed by atoms with Gasteiger partial charge in [0, 0.05) is 24.7 Å². The maximum absolute atomic E-state index is 11.3. The lowest BCUT2D eigenvalue weighted by molar-refractivity contribution is 0.0517. The number of fused-ring (bicyclic) bond motifs is 1. The van der Waals surface area contributed by atoms with Crippen LogP contribution in [0.25, 0.3) is 0 Å². The van der Waals surface area contributed by atoms with Gasteiger partial charge in [-0.2, -0.15) is 0 Å². The van der Waals surface area contributed by atoms with E-state index < -0.39 is 12.1 Å². The Kier molecular flexibility index (Phi) is 5.94. The second-order valence-electron chi connectivity index (χ2n) is 6.50. The van der Waals surface area contributed by atoms with Gasteiger partial charge in [0.15, 0.2) is 0 Å². The highest BCUT2D eigenvalue weighted by Crippen LogP contribution is 2.33. The number of aliphatic hydroxyl groups is 1. The van der Waals surface area contributed by atoms with Crippen LogP contribution in [0.3, 0.4) is 0 Å². The third-order valence-electron chi connectivity index (χ3n) is 4.85. The molecule has 0 saturated carbocycles. The van der Waals surface area contributed by atoms with Crippen LogP contribution in [0.1, 0.15) is 45.7 Å². The lowest BCUT2D eigenvalue weighted by Crippen LogP contribution is -2.41. The van der Waals surface area contributed by atoms with E-state index in [9.17, 15) is 15.0 Å². The van der Waals surface area contributed by atoms with Crippen molar-refractivity contribution in [2.24, 2.45) is 0 Å². The normalized spacial score (nSPS) is 20.4. The number of aryl methyl sites for hydroxylation is 1. The minimum absolute atomic E-state index is 0.00891. The molecule has 0 aliphatic heterocycles. The van der Waals surface area contributed by atoms with Crippen molar-refractivity contribution in [1.29, 1.82) is 0 Å². The molecule has 1 unspecified atom stereocenters. The minimum atomic E-state index is -0.950. The van der Waals surface area contributed by atoms with Crippen molar-refractivity contribution >= 4 is 17.6 Å². The Morgan fingerprint density at radius 1 is 1.35 bits per heavy atom. The zero-order chi connectivity index (χ0) is 18.7. The van der Waals surface area contributed by atoms with Crippen molar-refractivity contribution in [2.75, 3.05) is 13.7 Å². The van der Waals surface area contributed by atoms with Crippen LogP contribution >= 0.6 is 11.6 Å². The molecule has 26 heavy (non-hydrogen) atoms. The van der Waals surface area contributed by atoms with Gasteiger partial charge in [0.25, 0.3) is 0 Å². The predicted octanol–water partition coefficient (Wildman–Crippen LogP) is 3.36. The number of carboxylic acids is 1. The number of methoxy groups -OCH3 is 1. The van der Waals surface area contributed by atoms with E-state index >= 15 is 0 Å². The maximum Gasteiger partial charge on any atom is 0.335 e. The number of aliphatic hydroxyl groups excluding tert-OH is 1. The third kappa shape index (κ3) is 4.07. The minimum Gasteiger partial charge on any atom is -0.478 e. The third-order valence-corrected chi connectivity index (χ3v) is 5.09. The summed E-state index contributed by atoms with van der Waals surface area (Å²) in [6.07, 6.45) is 0.739. The van der Waals surface area contributed by atoms with Gasteiger partial charge in [-0.25, -0.2) is 4.79 Å². The highest BCUT2D eigenvalue weighted by atomic mass is 35.5. The predicted molar refractivity (Wildman–Crippen MR) is 99.7 cm³/mol. The van der Waals surface area contributed by atoms with Gasteiger partial charge in [-0.1, -0.05) is 29.8 Å². The lowest BCUT2D eigenvalue weighted by Gasteiger charge is -2.34. The molecule has 2 aromatic carbocycles. The molecule has 0 bridgehead atoms. The van der Waals surface area contributed by atoms with E-state index in [1.165, 1.54) is 0 Å². The molecular weight excluding hydrogens is 354 g/mol. The Bertz CT molecular complexity index is 795. The molecule has 0 amide bonds. The van der Waals surface area contributed by atoms with Gasteiger partial charge in [0.2, 0.25) is 0 Å². The molecule has 3 atom stereocenters. The SMILES string of the molecule is COC1c2cc(C(=O)O)ccc2CC[C@@H]1NC[C@H](O)c1cccc(Cl)c1. The molecule has 3 rings (SSSR count). The molecule has 0 fully saturated rings. The van der Waals surface area contributed by atoms with Gasteiger partial charge < -0.3 is 20.3 Å². The topological polar surface area (TPSA) is 78.8 Å². The summed E-state index contributed by atoms with van der Waals surface area (Å²) in [6, 6.07) is 12.3. The van der Waals surface area contributed by atoms with Crippen molar-refractivity contribution in [3.8, 4) is 0 Å². The average molecular weight is 376 g/mol. The van der Waals surface area contributed by atoms with E-state index in [2.05, 4.69) is 5.32 Å². The summed E-state index contributed by atoms with van der Waals surface area (Å²) in [5.74, 6) is -0.950. The van der Waals surface area contributed by atoms with Crippen LogP contribution in [0.4, 0.5) is 0 Å². The number of hydrogen-bond donors (Lipinski definition) is 3. The Morgan fingerprint density at radius 2 is 2.15 bits per heavy atom. The molecule has 0 saturated heterocycles. The zero-order valence-corrected chi connectivity index (χ0v) is 15.2. The molecule has 2 aromatic rings. The van der Waals surface area contributed by atoms with Crippen LogP contribution in [0, 0.1) is 0 Å². The Labute approximate surface area is 157 Å². The number of halogens is 1. The second-order valence-corrected chi connectivity index (χ2v) is 6.94. The molecule has 0 radical (unpaired) electrons. The molecular formula is C20H22ClNO4. The summed E-state index contributed by atoms with van der Waals surface area (Å²) in [5, 5.41) is 23.6. The highest BCUT2D eigenvalue weighted by Gasteiger charge is 2.30. The van der Waals surface area contributed by atoms with Gasteiger partial charge >= 0.3 is 5.97 Å². The van der Waals surface area contributed by atoms with Crippen LogP contribution in [0.15, 0.2) is 42.5 Å². The summed E-state index contributed by atoms with van der Waals surface area (Å²) >= 11 is 5.98. The van der Waals surface area contributed by atoms with Crippen LogP contribution in [-0.2, 0) is 11.2 Å². The van der Waals surface area contributed by atoms with E-state index in [0.29, 0.717) is 11.6 Å². The number of rotatable bonds is 6. The molecule has 138 valence electrons. The van der Waals surface area contributed by atoms with Crippen molar-refractivity contribution in [3.63, 3.8) is 0 Å². The van der Waals surface area contributed by atoms with Crippen molar-refractivity contribution in [2.45, 2.75) is 31.1 Å². The zero-order valence-electron chi connectivity index (χ0n) is 14.5. The Morgan fingerprint density at radius 3 is 2.85 bits per heavy atom. The van der Waals surface area contributed by atoms with E-state index in [1.54, 1.807) is 31.4 Å². The largest absolute Gasteiger partial charge is 0.478 e. The number of ether oxygens (including phenoxy) is 1. The average Bonchev–Trinajstić information content (AvgIpc) is 2.64. The van der Waals surface area contributed by atoms with Gasteiger partial charge in [0.1, 0.15) is 0 Å². The van der Waals surface area contributed by atoms with Crippen LogP contribution in [0.5, 0.6) is 0 Å². The molecule has 3 N–H and O–H groups in total. The van der Waals surface area contributed by atoms with Crippen molar-refractivity contribution in [3.05, 3.63) is 69.7 Å². The first-order valence-electron chi connectivity index (χ1n) is 8.55. The number of carboxylic acid groups (broad SMARTS) is 1. The fourth-order valence-corrected chi connectivity index (χ4v) is 3.69. The van der Waals surface area contributed by atoms with E-state index in [1.807, 2.05) is 18.2 Å². The fraction of sp³-hybridized carbons (Fsp3) is 0.350. The number of benzene rings is 2. The maximum atomic E-state index is 11.3. The first kappa shape index (κ1) is 18.9. The summed E-state index contributed by atoms with van der Waals surface area (Å²) < 4.78 is 5.66. The number of nitrogens with one attached hydrogen (secondary N) is 1. The number of carbonyl (C=O) groups is 1. The lowest BCUT2D eigenvalue weighted by atomic mass is 9.84. The summed E-state index contributed by atoms with van der Waals surface area (Å²) in [6.45, 7) is 0.360. The summed E-state index contributed by atoms with van der Waals surface area (Å²) in [4.78, 5) is 11.3. The smallest absolute Gasteiger partial charge is 0.335 e. The van der Waals surface area contributed by atoms with Crippen molar-refractivity contribution < 1.29 is 19.7 Å². The molecule has 1 aliphatic rings. The highest BCUT2D eigenvalue weighted by molar-refractivity contribution is 6.30. The fourth-order valence-electron chi connectivity index (χ4n) is 3.49. The number of aromatic carboxylic acids is 1. The molecule has 0 spiro atoms. The standard InChI is InChI=1S/C20H22ClNO4/c1-26-19-16-10-14(20(24)25)6-5-12(16)7-8-17(19)22-11-18(23)13-3-2-4-15(21)9-13/h2-6,9-10,17-19,22-23H,7-8,11H2,1H3,(H,24,25)/t17-,18-,19?/m0/s1. The first-order valence-corrected chi connectivity index (χ1v) is 8.93. The van der Waals surface area contributed by atoms with E-state index in [0.717, 1.165) is 29.5 Å². The molecule has 0 aromatic heterocycles. The van der Waals surface area contributed by atoms with Gasteiger partial charge in [-0.3, -0.25) is 0 Å². The van der Waals surface area contributed by atoms with Crippen LogP contribution in [0.2, 0.25) is 5.02 Å². The van der Waals surface area contributed by atoms with E-state index in [-0.39, 0.29) is 17.7 Å². The Balaban J connectivity index is 1.73. The Hall–Kier alpha value is -1.92. The van der Waals surface area contributed by atoms with Crippen LogP contribution in [-0.4, -0.2) is 35.9 Å². The van der Waals surface area contributed by atoms with E-state index in [4.69, 9.17) is 16.3 Å². The summed E-state index contributed by atoms with van der Waals surface area (Å²) in [5.41, 5.74) is 3.01. The van der Waals surface area contributed by atoms with Gasteiger partial charge in [-0.05, 0) is 53.8 Å². The monoisotopic (exact) mass is 375 g/mol. The number of hydrogen-bond acceptors (Lipinski definition) is 4. The second kappa shape index (κ2) is 8.18. The van der Waals surface area contributed by atoms with Gasteiger partial charge in [0.05, 0.1) is 17.8 Å².